The quantitative estimate of drug-likeness (QED) is 0.886. The minimum atomic E-state index is 0.175. The molecule has 0 aliphatic carbocycles. The van der Waals surface area contributed by atoms with Gasteiger partial charge in [0, 0.05) is 9.77 Å². The molecule has 0 aliphatic rings. The third kappa shape index (κ3) is 2.06. The van der Waals surface area contributed by atoms with E-state index < -0.39 is 0 Å². The molecule has 0 unspecified atom stereocenters. The van der Waals surface area contributed by atoms with Crippen molar-refractivity contribution in [2.75, 3.05) is 0 Å². The van der Waals surface area contributed by atoms with Crippen molar-refractivity contribution in [3.63, 3.8) is 0 Å². The van der Waals surface area contributed by atoms with E-state index in [0.717, 1.165) is 21.0 Å². The van der Waals surface area contributed by atoms with E-state index >= 15 is 0 Å². The van der Waals surface area contributed by atoms with Gasteiger partial charge < -0.3 is 9.72 Å². The first-order valence-electron chi connectivity index (χ1n) is 4.86. The van der Waals surface area contributed by atoms with Gasteiger partial charge in [-0.3, -0.25) is 0 Å². The van der Waals surface area contributed by atoms with Gasteiger partial charge in [-0.1, -0.05) is 6.92 Å². The van der Waals surface area contributed by atoms with Crippen LogP contribution >= 0.6 is 22.6 Å². The van der Waals surface area contributed by atoms with Crippen LogP contribution in [0.15, 0.2) is 12.5 Å². The molecule has 0 fully saturated rings. The maximum absolute atomic E-state index is 5.74. The smallest absolute Gasteiger partial charge is 0.227 e. The van der Waals surface area contributed by atoms with Crippen LogP contribution in [-0.2, 0) is 0 Å². The monoisotopic (exact) mass is 317 g/mol. The lowest BCUT2D eigenvalue weighted by molar-refractivity contribution is 0.211. The van der Waals surface area contributed by atoms with Gasteiger partial charge in [-0.05, 0) is 35.9 Å². The Morgan fingerprint density at radius 2 is 2.33 bits per heavy atom. The fraction of sp³-hybridized carbons (Fsp3) is 0.400. The van der Waals surface area contributed by atoms with Crippen LogP contribution in [0.1, 0.15) is 20.3 Å². The Morgan fingerprint density at radius 1 is 1.53 bits per heavy atom. The second-order valence-electron chi connectivity index (χ2n) is 3.38. The molecule has 4 nitrogen and oxygen atoms in total. The lowest BCUT2D eigenvalue weighted by atomic mass is 10.3. The Hall–Kier alpha value is -0.850. The molecule has 2 aromatic heterocycles. The number of nitrogens with zero attached hydrogens (tertiary/aromatic N) is 2. The van der Waals surface area contributed by atoms with Crippen LogP contribution < -0.4 is 4.74 Å². The molecule has 1 N–H and O–H groups in total. The van der Waals surface area contributed by atoms with E-state index in [4.69, 9.17) is 4.74 Å². The van der Waals surface area contributed by atoms with Crippen molar-refractivity contribution in [1.82, 2.24) is 15.0 Å². The minimum absolute atomic E-state index is 0.175. The van der Waals surface area contributed by atoms with Crippen LogP contribution in [0.25, 0.3) is 11.0 Å². The van der Waals surface area contributed by atoms with Crippen molar-refractivity contribution in [3.05, 3.63) is 16.1 Å². The second-order valence-corrected chi connectivity index (χ2v) is 4.54. The zero-order valence-electron chi connectivity index (χ0n) is 8.62. The summed E-state index contributed by atoms with van der Waals surface area (Å²) in [6.07, 6.45) is 4.57. The van der Waals surface area contributed by atoms with Gasteiger partial charge in [-0.15, -0.1) is 0 Å². The molecule has 0 aromatic carbocycles. The molecule has 5 heteroatoms. The summed E-state index contributed by atoms with van der Waals surface area (Å²) in [6, 6.07) is 0. The average Bonchev–Trinajstić information content (AvgIpc) is 2.61. The Labute approximate surface area is 102 Å². The van der Waals surface area contributed by atoms with Crippen molar-refractivity contribution in [1.29, 1.82) is 0 Å². The molecule has 15 heavy (non-hydrogen) atoms. The molecule has 0 bridgehead atoms. The Morgan fingerprint density at radius 3 is 3.07 bits per heavy atom. The summed E-state index contributed by atoms with van der Waals surface area (Å²) in [6.45, 7) is 4.12. The molecule has 0 aliphatic heterocycles. The van der Waals surface area contributed by atoms with Crippen LogP contribution in [0.4, 0.5) is 0 Å². The molecule has 0 spiro atoms. The zero-order chi connectivity index (χ0) is 10.8. The van der Waals surface area contributed by atoms with E-state index in [2.05, 4.69) is 44.5 Å². The van der Waals surface area contributed by atoms with Crippen molar-refractivity contribution in [3.8, 4) is 5.88 Å². The highest BCUT2D eigenvalue weighted by Gasteiger charge is 2.12. The summed E-state index contributed by atoms with van der Waals surface area (Å²) in [5, 5.41) is 0.971. The lowest BCUT2D eigenvalue weighted by Gasteiger charge is -2.11. The number of aromatic nitrogens is 3. The molecule has 0 radical (unpaired) electrons. The largest absolute Gasteiger partial charge is 0.474 e. The number of hydrogen-bond acceptors (Lipinski definition) is 3. The van der Waals surface area contributed by atoms with E-state index in [0.29, 0.717) is 5.88 Å². The zero-order valence-corrected chi connectivity index (χ0v) is 10.8. The number of hydrogen-bond donors (Lipinski definition) is 1. The normalized spacial score (nSPS) is 13.0. The molecular weight excluding hydrogens is 305 g/mol. The van der Waals surface area contributed by atoms with Gasteiger partial charge in [-0.2, -0.15) is 0 Å². The fourth-order valence-corrected chi connectivity index (χ4v) is 1.90. The first kappa shape index (κ1) is 10.7. The molecule has 2 heterocycles. The van der Waals surface area contributed by atoms with E-state index in [1.807, 2.05) is 13.1 Å². The van der Waals surface area contributed by atoms with Gasteiger partial charge in [-0.25, -0.2) is 9.97 Å². The highest BCUT2D eigenvalue weighted by molar-refractivity contribution is 14.1. The molecule has 0 amide bonds. The number of aromatic amines is 1. The van der Waals surface area contributed by atoms with Crippen LogP contribution in [-0.4, -0.2) is 21.1 Å². The van der Waals surface area contributed by atoms with Crippen molar-refractivity contribution < 1.29 is 4.74 Å². The SMILES string of the molecule is CC[C@@H](C)Oc1ncnc2[nH]cc(I)c12. The number of fused-ring (bicyclic) bond motifs is 1. The maximum atomic E-state index is 5.74. The molecule has 2 rings (SSSR count). The number of nitrogens with one attached hydrogen (secondary N) is 1. The third-order valence-corrected chi connectivity index (χ3v) is 3.13. The predicted octanol–water partition coefficient (Wildman–Crippen LogP) is 2.74. The fourth-order valence-electron chi connectivity index (χ4n) is 1.26. The molecule has 0 saturated carbocycles. The third-order valence-electron chi connectivity index (χ3n) is 2.27. The van der Waals surface area contributed by atoms with Gasteiger partial charge in [0.2, 0.25) is 5.88 Å². The summed E-state index contributed by atoms with van der Waals surface area (Å²) in [7, 11) is 0. The number of H-pyrrole nitrogens is 1. The first-order valence-corrected chi connectivity index (χ1v) is 5.94. The van der Waals surface area contributed by atoms with E-state index in [9.17, 15) is 0 Å². The van der Waals surface area contributed by atoms with E-state index in [1.165, 1.54) is 6.33 Å². The first-order chi connectivity index (χ1) is 7.22. The lowest BCUT2D eigenvalue weighted by Crippen LogP contribution is -2.11. The Bertz CT molecular complexity index is 469. The van der Waals surface area contributed by atoms with Crippen molar-refractivity contribution >= 4 is 33.6 Å². The van der Waals surface area contributed by atoms with E-state index in [-0.39, 0.29) is 6.10 Å². The summed E-state index contributed by atoms with van der Waals surface area (Å²) >= 11 is 2.25. The summed E-state index contributed by atoms with van der Waals surface area (Å²) in [4.78, 5) is 11.4. The van der Waals surface area contributed by atoms with Crippen LogP contribution in [0, 0.1) is 3.57 Å². The molecule has 1 atom stereocenters. The summed E-state index contributed by atoms with van der Waals surface area (Å²) in [5.74, 6) is 0.667. The van der Waals surface area contributed by atoms with Gasteiger partial charge in [0.15, 0.2) is 0 Å². The summed E-state index contributed by atoms with van der Waals surface area (Å²) in [5.41, 5.74) is 0.827. The minimum Gasteiger partial charge on any atom is -0.474 e. The average molecular weight is 317 g/mol. The van der Waals surface area contributed by atoms with Crippen LogP contribution in [0.3, 0.4) is 0 Å². The van der Waals surface area contributed by atoms with Gasteiger partial charge in [0.1, 0.15) is 12.0 Å². The molecule has 0 saturated heterocycles. The predicted molar refractivity (Wildman–Crippen MR) is 67.0 cm³/mol. The Balaban J connectivity index is 2.45. The highest BCUT2D eigenvalue weighted by Crippen LogP contribution is 2.26. The van der Waals surface area contributed by atoms with Crippen molar-refractivity contribution in [2.24, 2.45) is 0 Å². The van der Waals surface area contributed by atoms with E-state index in [1.54, 1.807) is 0 Å². The molecular formula is C10H12IN3O. The topological polar surface area (TPSA) is 50.8 Å². The molecule has 80 valence electrons. The number of halogens is 1. The Kier molecular flexibility index (Phi) is 3.08. The second kappa shape index (κ2) is 4.34. The molecule has 2 aromatic rings. The van der Waals surface area contributed by atoms with Crippen molar-refractivity contribution in [2.45, 2.75) is 26.4 Å². The summed E-state index contributed by atoms with van der Waals surface area (Å²) < 4.78 is 6.82. The van der Waals surface area contributed by atoms with Gasteiger partial charge in [0.25, 0.3) is 0 Å². The van der Waals surface area contributed by atoms with Gasteiger partial charge >= 0.3 is 0 Å². The van der Waals surface area contributed by atoms with Crippen LogP contribution in [0.2, 0.25) is 0 Å². The standard InChI is InChI=1S/C10H12IN3O/c1-3-6(2)15-10-8-7(11)4-12-9(8)13-5-14-10/h4-6H,3H2,1-2H3,(H,12,13,14)/t6-/m1/s1. The number of rotatable bonds is 3. The van der Waals surface area contributed by atoms with Gasteiger partial charge in [0.05, 0.1) is 11.5 Å². The number of ether oxygens (including phenoxy) is 1. The highest BCUT2D eigenvalue weighted by atomic mass is 127. The van der Waals surface area contributed by atoms with Crippen LogP contribution in [0.5, 0.6) is 5.88 Å². The maximum Gasteiger partial charge on any atom is 0.227 e.